The molecule has 0 aromatic rings. The molecule has 0 bridgehead atoms. The van der Waals surface area contributed by atoms with Crippen molar-refractivity contribution in [2.45, 2.75) is 112 Å². The number of hydrogen-bond acceptors (Lipinski definition) is 4. The molecule has 0 unspecified atom stereocenters. The number of esters is 1. The number of rotatable bonds is 4. The Morgan fingerprint density at radius 2 is 1.73 bits per heavy atom. The molecule has 0 heterocycles. The van der Waals surface area contributed by atoms with Crippen LogP contribution in [-0.2, 0) is 9.53 Å². The van der Waals surface area contributed by atoms with Crippen LogP contribution >= 0.6 is 0 Å². The van der Waals surface area contributed by atoms with Crippen LogP contribution in [-0.4, -0.2) is 35.5 Å². The summed E-state index contributed by atoms with van der Waals surface area (Å²) in [5, 5.41) is 21.4. The van der Waals surface area contributed by atoms with Crippen LogP contribution in [0.15, 0.2) is 24.3 Å². The van der Waals surface area contributed by atoms with E-state index in [0.29, 0.717) is 18.4 Å². The Morgan fingerprint density at radius 1 is 1.03 bits per heavy atom. The minimum Gasteiger partial charge on any atom is -0.461 e. The summed E-state index contributed by atoms with van der Waals surface area (Å²) in [6.07, 6.45) is 13.8. The Labute approximate surface area is 225 Å². The average Bonchev–Trinajstić information content (AvgIpc) is 2.85. The maximum atomic E-state index is 13.7. The van der Waals surface area contributed by atoms with Crippen LogP contribution in [0.4, 0.5) is 0 Å². The quantitative estimate of drug-likeness (QED) is 0.319. The van der Waals surface area contributed by atoms with E-state index in [-0.39, 0.29) is 40.2 Å². The van der Waals surface area contributed by atoms with E-state index in [1.165, 1.54) is 0 Å². The van der Waals surface area contributed by atoms with E-state index in [0.717, 1.165) is 64.2 Å². The van der Waals surface area contributed by atoms with Crippen LogP contribution in [0.1, 0.15) is 106 Å². The first-order valence-electron chi connectivity index (χ1n) is 15.0. The second-order valence-corrected chi connectivity index (χ2v) is 15.5. The number of allylic oxidation sites excluding steroid dienone is 2. The van der Waals surface area contributed by atoms with Gasteiger partial charge in [0.25, 0.3) is 0 Å². The first kappa shape index (κ1) is 27.4. The third kappa shape index (κ3) is 3.56. The van der Waals surface area contributed by atoms with Gasteiger partial charge in [-0.1, -0.05) is 65.8 Å². The standard InChI is InChI=1S/C33H52O4/c1-8-19-37-27(36)33-17-15-28(2,3)20-23(33)22-9-10-25-29(4)13-12-26(35)30(5,21-34)24(29)11-14-32(25,7)31(22,6)16-18-33/h8-9,23-26,34-35H,1,10-21H2,2-7H3/t23-,24+,25+,26-,29-,30-,31+,32+,33-/m0/s1. The molecule has 4 fully saturated rings. The Bertz CT molecular complexity index is 983. The van der Waals surface area contributed by atoms with Gasteiger partial charge in [0.2, 0.25) is 0 Å². The van der Waals surface area contributed by atoms with Gasteiger partial charge in [0.05, 0.1) is 18.1 Å². The summed E-state index contributed by atoms with van der Waals surface area (Å²) in [5.41, 5.74) is 1.22. The molecule has 0 saturated heterocycles. The molecule has 2 N–H and O–H groups in total. The van der Waals surface area contributed by atoms with E-state index in [2.05, 4.69) is 54.2 Å². The molecular formula is C33H52O4. The van der Waals surface area contributed by atoms with Crippen molar-refractivity contribution in [3.63, 3.8) is 0 Å². The topological polar surface area (TPSA) is 66.8 Å². The van der Waals surface area contributed by atoms with E-state index >= 15 is 0 Å². The number of aliphatic hydroxyl groups is 2. The summed E-state index contributed by atoms with van der Waals surface area (Å²) < 4.78 is 5.80. The third-order valence-electron chi connectivity index (χ3n) is 13.5. The molecular weight excluding hydrogens is 460 g/mol. The predicted molar refractivity (Wildman–Crippen MR) is 148 cm³/mol. The Kier molecular flexibility index (Phi) is 6.44. The fourth-order valence-corrected chi connectivity index (χ4v) is 10.9. The van der Waals surface area contributed by atoms with Gasteiger partial charge in [0.1, 0.15) is 6.61 Å². The SMILES string of the molecule is C=CCOC(=O)[C@]12CCC(C)(C)C[C@H]1C1=CC[C@@H]3[C@@]4(C)CC[C@H](O)[C@@](C)(CO)[C@@H]4CC[C@@]3(C)[C@]1(C)CC2. The van der Waals surface area contributed by atoms with Crippen molar-refractivity contribution >= 4 is 5.97 Å². The number of fused-ring (bicyclic) bond motifs is 7. The van der Waals surface area contributed by atoms with E-state index in [1.807, 2.05) is 0 Å². The number of carbonyl (C=O) groups excluding carboxylic acids is 1. The molecule has 5 aliphatic carbocycles. The molecule has 208 valence electrons. The monoisotopic (exact) mass is 512 g/mol. The highest BCUT2D eigenvalue weighted by molar-refractivity contribution is 5.79. The number of aliphatic hydroxyl groups excluding tert-OH is 2. The van der Waals surface area contributed by atoms with Crippen molar-refractivity contribution in [1.29, 1.82) is 0 Å². The fourth-order valence-electron chi connectivity index (χ4n) is 10.9. The summed E-state index contributed by atoms with van der Waals surface area (Å²) in [6.45, 7) is 18.6. The lowest BCUT2D eigenvalue weighted by atomic mass is 9.33. The van der Waals surface area contributed by atoms with Crippen molar-refractivity contribution < 1.29 is 19.7 Å². The minimum atomic E-state index is -0.427. The van der Waals surface area contributed by atoms with Gasteiger partial charge in [0.15, 0.2) is 0 Å². The van der Waals surface area contributed by atoms with E-state index < -0.39 is 16.9 Å². The van der Waals surface area contributed by atoms with E-state index in [9.17, 15) is 15.0 Å². The molecule has 5 aliphatic rings. The number of ether oxygens (including phenoxy) is 1. The lowest BCUT2D eigenvalue weighted by Crippen LogP contribution is -2.66. The van der Waals surface area contributed by atoms with Gasteiger partial charge < -0.3 is 14.9 Å². The van der Waals surface area contributed by atoms with Crippen LogP contribution in [0.2, 0.25) is 0 Å². The summed E-state index contributed by atoms with van der Waals surface area (Å²) in [6, 6.07) is 0. The maximum absolute atomic E-state index is 13.7. The van der Waals surface area contributed by atoms with Crippen molar-refractivity contribution in [2.75, 3.05) is 13.2 Å². The molecule has 0 aromatic heterocycles. The lowest BCUT2D eigenvalue weighted by molar-refractivity contribution is -0.217. The van der Waals surface area contributed by atoms with Crippen molar-refractivity contribution in [2.24, 2.45) is 50.2 Å². The van der Waals surface area contributed by atoms with Gasteiger partial charge in [-0.3, -0.25) is 4.79 Å². The first-order chi connectivity index (χ1) is 17.2. The minimum absolute atomic E-state index is 0.00113. The van der Waals surface area contributed by atoms with Crippen LogP contribution < -0.4 is 0 Å². The molecule has 4 heteroatoms. The zero-order chi connectivity index (χ0) is 27.1. The number of hydrogen-bond donors (Lipinski definition) is 2. The summed E-state index contributed by atoms with van der Waals surface area (Å²) in [4.78, 5) is 13.7. The van der Waals surface area contributed by atoms with Gasteiger partial charge in [-0.15, -0.1) is 0 Å². The smallest absolute Gasteiger partial charge is 0.312 e. The van der Waals surface area contributed by atoms with Gasteiger partial charge >= 0.3 is 5.97 Å². The zero-order valence-electron chi connectivity index (χ0n) is 24.4. The third-order valence-corrected chi connectivity index (χ3v) is 13.5. The molecule has 0 amide bonds. The maximum Gasteiger partial charge on any atom is 0.312 e. The van der Waals surface area contributed by atoms with Crippen LogP contribution in [0, 0.1) is 50.2 Å². The fraction of sp³-hybridized carbons (Fsp3) is 0.848. The van der Waals surface area contributed by atoms with E-state index in [4.69, 9.17) is 4.74 Å². The second-order valence-electron chi connectivity index (χ2n) is 15.5. The number of carbonyl (C=O) groups is 1. The largest absolute Gasteiger partial charge is 0.461 e. The van der Waals surface area contributed by atoms with Gasteiger partial charge in [-0.05, 0) is 104 Å². The van der Waals surface area contributed by atoms with Crippen LogP contribution in [0.25, 0.3) is 0 Å². The molecule has 9 atom stereocenters. The summed E-state index contributed by atoms with van der Waals surface area (Å²) in [7, 11) is 0. The lowest BCUT2D eigenvalue weighted by Gasteiger charge is -2.71. The Balaban J connectivity index is 1.57. The second kappa shape index (κ2) is 8.68. The van der Waals surface area contributed by atoms with Gasteiger partial charge in [0, 0.05) is 5.41 Å². The van der Waals surface area contributed by atoms with Crippen LogP contribution in [0.5, 0.6) is 0 Å². The summed E-state index contributed by atoms with van der Waals surface area (Å²) >= 11 is 0. The molecule has 0 spiro atoms. The van der Waals surface area contributed by atoms with Gasteiger partial charge in [-0.2, -0.15) is 0 Å². The highest BCUT2D eigenvalue weighted by Gasteiger charge is 2.69. The molecule has 4 nitrogen and oxygen atoms in total. The molecule has 5 rings (SSSR count). The zero-order valence-corrected chi connectivity index (χ0v) is 24.4. The average molecular weight is 513 g/mol. The van der Waals surface area contributed by atoms with Crippen molar-refractivity contribution in [3.8, 4) is 0 Å². The van der Waals surface area contributed by atoms with Crippen LogP contribution in [0.3, 0.4) is 0 Å². The molecule has 0 radical (unpaired) electrons. The highest BCUT2D eigenvalue weighted by Crippen LogP contribution is 2.75. The van der Waals surface area contributed by atoms with Crippen molar-refractivity contribution in [1.82, 2.24) is 0 Å². The highest BCUT2D eigenvalue weighted by atomic mass is 16.5. The predicted octanol–water partition coefficient (Wildman–Crippen LogP) is 6.85. The molecule has 0 aliphatic heterocycles. The van der Waals surface area contributed by atoms with Gasteiger partial charge in [-0.25, -0.2) is 0 Å². The molecule has 4 saturated carbocycles. The first-order valence-corrected chi connectivity index (χ1v) is 15.0. The molecule has 0 aromatic carbocycles. The summed E-state index contributed by atoms with van der Waals surface area (Å²) in [5.74, 6) is 1.09. The Hall–Kier alpha value is -1.13. The molecule has 37 heavy (non-hydrogen) atoms. The van der Waals surface area contributed by atoms with Crippen molar-refractivity contribution in [3.05, 3.63) is 24.3 Å². The van der Waals surface area contributed by atoms with E-state index in [1.54, 1.807) is 11.6 Å². The Morgan fingerprint density at radius 3 is 2.41 bits per heavy atom. The normalized spacial score (nSPS) is 50.4.